The van der Waals surface area contributed by atoms with E-state index in [-0.39, 0.29) is 60.5 Å². The van der Waals surface area contributed by atoms with Crippen LogP contribution in [0.1, 0.15) is 104 Å². The standard InChI is InChI=1S/C54H57F2N9O7S/c55-38-17-24-63(32-38)73(70,71)60-47-10-8-45(56)50(44(47)29-57)72-41-6-9-46-43(28-41)53(69)65(33-58-46)40-4-2-39(3-5-40)62-22-15-34(16-23-62)30-61-25-20-54(21-26-61)18-13-35(14-19-54)36-1-7-42-37(27-36)31-64(52(42)68)48-11-12-49(66)59-51(48)67/h1-10,27-28,33-35,38,48,60H,11-26,30-32H2,(H,59,66,67)/t38-,48+/m1/s1. The van der Waals surface area contributed by atoms with Gasteiger partial charge in [0, 0.05) is 56.9 Å². The molecule has 2 atom stereocenters. The number of likely N-dealkylation sites (tertiary alicyclic amines) is 1. The average Bonchev–Trinajstić information content (AvgIpc) is 3.99. The monoisotopic (exact) mass is 1010 g/mol. The van der Waals surface area contributed by atoms with E-state index >= 15 is 4.39 Å². The van der Waals surface area contributed by atoms with Crippen molar-refractivity contribution in [1.82, 2.24) is 29.0 Å². The van der Waals surface area contributed by atoms with Gasteiger partial charge in [-0.3, -0.25) is 33.8 Å². The average molecular weight is 1010 g/mol. The van der Waals surface area contributed by atoms with E-state index in [0.29, 0.717) is 47.0 Å². The Balaban J connectivity index is 0.661. The van der Waals surface area contributed by atoms with Crippen molar-refractivity contribution < 1.29 is 36.3 Å². The number of nitrogens with one attached hydrogen (secondary N) is 2. The fourth-order valence-corrected chi connectivity index (χ4v) is 13.4. The molecule has 11 rings (SSSR count). The first-order valence-corrected chi connectivity index (χ1v) is 26.9. The summed E-state index contributed by atoms with van der Waals surface area (Å²) in [4.78, 5) is 62.6. The normalized spacial score (nSPS) is 22.2. The Kier molecular flexibility index (Phi) is 13.0. The number of halogens is 2. The van der Waals surface area contributed by atoms with E-state index in [1.54, 1.807) is 11.0 Å². The number of anilines is 2. The van der Waals surface area contributed by atoms with Crippen LogP contribution < -0.4 is 25.2 Å². The van der Waals surface area contributed by atoms with Crippen LogP contribution in [0.4, 0.5) is 20.2 Å². The largest absolute Gasteiger partial charge is 0.453 e. The molecule has 5 fully saturated rings. The minimum Gasteiger partial charge on any atom is -0.453 e. The molecule has 3 amide bonds. The van der Waals surface area contributed by atoms with Gasteiger partial charge < -0.3 is 19.4 Å². The van der Waals surface area contributed by atoms with Crippen molar-refractivity contribution in [3.05, 3.63) is 118 Å². The molecule has 6 heterocycles. The molecule has 1 spiro atoms. The SMILES string of the molecule is N#Cc1c(NS(=O)(=O)N2CC[C@@H](F)C2)ccc(F)c1Oc1ccc2ncn(-c3ccc(N4CCC(CN5CCC6(CCC(c7ccc8c(c7)CN([C@H]7CCC(=O)NC7=O)C8=O)CC6)CC5)CC4)cc3)c(=O)c2c1. The van der Waals surface area contributed by atoms with Gasteiger partial charge in [0.05, 0.1) is 22.3 Å². The number of carbonyl (C=O) groups is 3. The Morgan fingerprint density at radius 2 is 1.60 bits per heavy atom. The minimum absolute atomic E-state index is 0.0267. The molecule has 16 nitrogen and oxygen atoms in total. The number of imide groups is 1. The first kappa shape index (κ1) is 48.5. The first-order valence-electron chi connectivity index (χ1n) is 25.4. The summed E-state index contributed by atoms with van der Waals surface area (Å²) in [5.41, 5.74) is 4.34. The van der Waals surface area contributed by atoms with Crippen molar-refractivity contribution in [3.63, 3.8) is 0 Å². The number of ether oxygens (including phenoxy) is 1. The zero-order valence-electron chi connectivity index (χ0n) is 40.4. The summed E-state index contributed by atoms with van der Waals surface area (Å²) in [7, 11) is -4.24. The molecule has 5 aromatic rings. The van der Waals surface area contributed by atoms with Crippen molar-refractivity contribution in [2.45, 2.75) is 95.3 Å². The molecule has 19 heteroatoms. The van der Waals surface area contributed by atoms with E-state index in [4.69, 9.17) is 4.74 Å². The Hall–Kier alpha value is -6.75. The molecule has 0 bridgehead atoms. The van der Waals surface area contributed by atoms with Crippen LogP contribution in [0, 0.1) is 28.5 Å². The minimum atomic E-state index is -4.24. The summed E-state index contributed by atoms with van der Waals surface area (Å²) in [5, 5.41) is 12.6. The second-order valence-corrected chi connectivity index (χ2v) is 22.5. The van der Waals surface area contributed by atoms with Gasteiger partial charge in [-0.2, -0.15) is 18.0 Å². The van der Waals surface area contributed by atoms with Crippen LogP contribution in [0.5, 0.6) is 11.5 Å². The van der Waals surface area contributed by atoms with Crippen molar-refractivity contribution in [1.29, 1.82) is 5.26 Å². The van der Waals surface area contributed by atoms with Crippen LogP contribution >= 0.6 is 0 Å². The lowest BCUT2D eigenvalue weighted by Crippen LogP contribution is -2.52. The highest BCUT2D eigenvalue weighted by molar-refractivity contribution is 7.90. The highest BCUT2D eigenvalue weighted by atomic mass is 32.2. The fourth-order valence-electron chi connectivity index (χ4n) is 12.1. The van der Waals surface area contributed by atoms with Crippen molar-refractivity contribution in [2.24, 2.45) is 11.3 Å². The number of amides is 3. The molecule has 4 saturated heterocycles. The maximum absolute atomic E-state index is 15.2. The van der Waals surface area contributed by atoms with E-state index in [2.05, 4.69) is 37.0 Å². The van der Waals surface area contributed by atoms with Gasteiger partial charge in [0.15, 0.2) is 11.6 Å². The molecular formula is C54H57F2N9O7S. The lowest BCUT2D eigenvalue weighted by Gasteiger charge is -2.47. The number of piperidine rings is 3. The van der Waals surface area contributed by atoms with Gasteiger partial charge in [-0.05, 0) is 166 Å². The Morgan fingerprint density at radius 3 is 2.32 bits per heavy atom. The zero-order chi connectivity index (χ0) is 50.6. The number of fused-ring (bicyclic) bond motifs is 2. The van der Waals surface area contributed by atoms with Crippen molar-refractivity contribution in [2.75, 3.05) is 55.4 Å². The molecule has 5 aliphatic heterocycles. The molecule has 0 radical (unpaired) electrons. The number of rotatable bonds is 11. The highest BCUT2D eigenvalue weighted by Crippen LogP contribution is 2.49. The van der Waals surface area contributed by atoms with E-state index in [1.807, 2.05) is 36.4 Å². The van der Waals surface area contributed by atoms with Crippen LogP contribution in [-0.2, 0) is 26.3 Å². The van der Waals surface area contributed by atoms with Gasteiger partial charge in [-0.25, -0.2) is 13.8 Å². The number of hydrogen-bond acceptors (Lipinski definition) is 11. The molecule has 73 heavy (non-hydrogen) atoms. The molecule has 380 valence electrons. The topological polar surface area (TPSA) is 190 Å². The van der Waals surface area contributed by atoms with Gasteiger partial charge in [-0.15, -0.1) is 0 Å². The molecule has 1 aromatic heterocycles. The van der Waals surface area contributed by atoms with Gasteiger partial charge in [0.25, 0.3) is 11.5 Å². The second kappa shape index (κ2) is 19.6. The Morgan fingerprint density at radius 1 is 0.849 bits per heavy atom. The summed E-state index contributed by atoms with van der Waals surface area (Å²) in [6.07, 6.45) is 10.2. The molecule has 4 aromatic carbocycles. The lowest BCUT2D eigenvalue weighted by molar-refractivity contribution is -0.136. The van der Waals surface area contributed by atoms with Crippen LogP contribution in [0.25, 0.3) is 16.6 Å². The first-order chi connectivity index (χ1) is 35.2. The van der Waals surface area contributed by atoms with Crippen molar-refractivity contribution >= 4 is 50.2 Å². The third kappa shape index (κ3) is 9.68. The second-order valence-electron chi connectivity index (χ2n) is 20.8. The summed E-state index contributed by atoms with van der Waals surface area (Å²) in [5.74, 6) is -1.13. The van der Waals surface area contributed by atoms with Gasteiger partial charge in [0.2, 0.25) is 11.8 Å². The lowest BCUT2D eigenvalue weighted by atomic mass is 9.64. The summed E-state index contributed by atoms with van der Waals surface area (Å²) >= 11 is 0. The van der Waals surface area contributed by atoms with Gasteiger partial charge in [0.1, 0.15) is 35.9 Å². The number of aromatic nitrogens is 2. The number of hydrogen-bond donors (Lipinski definition) is 2. The summed E-state index contributed by atoms with van der Waals surface area (Å²) < 4.78 is 65.3. The molecule has 1 saturated carbocycles. The Labute approximate surface area is 422 Å². The van der Waals surface area contributed by atoms with E-state index < -0.39 is 45.1 Å². The number of alkyl halides is 1. The van der Waals surface area contributed by atoms with E-state index in [0.717, 1.165) is 86.1 Å². The quantitative estimate of drug-likeness (QED) is 0.126. The number of benzene rings is 4. The number of nitriles is 1. The smallest absolute Gasteiger partial charge is 0.301 e. The molecular weight excluding hydrogens is 957 g/mol. The highest BCUT2D eigenvalue weighted by Gasteiger charge is 2.42. The maximum Gasteiger partial charge on any atom is 0.301 e. The third-order valence-corrected chi connectivity index (χ3v) is 17.9. The van der Waals surface area contributed by atoms with Gasteiger partial charge in [-0.1, -0.05) is 12.1 Å². The van der Waals surface area contributed by atoms with Crippen molar-refractivity contribution in [3.8, 4) is 23.3 Å². The molecule has 2 N–H and O–H groups in total. The van der Waals surface area contributed by atoms with Gasteiger partial charge >= 0.3 is 10.2 Å². The summed E-state index contributed by atoms with van der Waals surface area (Å²) in [6, 6.07) is 21.7. The third-order valence-electron chi connectivity index (χ3n) is 16.4. The predicted molar refractivity (Wildman–Crippen MR) is 269 cm³/mol. The Bertz CT molecular complexity index is 3210. The summed E-state index contributed by atoms with van der Waals surface area (Å²) in [6.45, 7) is 5.30. The predicted octanol–water partition coefficient (Wildman–Crippen LogP) is 7.31. The van der Waals surface area contributed by atoms with E-state index in [1.165, 1.54) is 54.3 Å². The van der Waals surface area contributed by atoms with Crippen LogP contribution in [-0.4, -0.2) is 108 Å². The van der Waals surface area contributed by atoms with Crippen LogP contribution in [0.3, 0.4) is 0 Å². The molecule has 1 aliphatic carbocycles. The number of carbonyl (C=O) groups excluding carboxylic acids is 3. The number of nitrogens with zero attached hydrogens (tertiary/aromatic N) is 7. The molecule has 6 aliphatic rings. The van der Waals surface area contributed by atoms with Crippen LogP contribution in [0.15, 0.2) is 83.9 Å². The zero-order valence-corrected chi connectivity index (χ0v) is 41.2. The van der Waals surface area contributed by atoms with Crippen LogP contribution in [0.2, 0.25) is 0 Å². The fraction of sp³-hybridized carbons (Fsp3) is 0.444. The maximum atomic E-state index is 15.2. The molecule has 0 unspecified atom stereocenters. The van der Waals surface area contributed by atoms with E-state index in [9.17, 15) is 37.2 Å².